The second kappa shape index (κ2) is 22.7. The molecule has 4 heterocycles. The maximum atomic E-state index is 12.6. The average Bonchev–Trinajstić information content (AvgIpc) is 3.18. The van der Waals surface area contributed by atoms with Crippen LogP contribution in [0.25, 0.3) is 0 Å². The van der Waals surface area contributed by atoms with Crippen molar-refractivity contribution in [3.63, 3.8) is 0 Å². The van der Waals surface area contributed by atoms with Gasteiger partial charge in [0.25, 0.3) is 0 Å². The van der Waals surface area contributed by atoms with Crippen LogP contribution in [0.3, 0.4) is 0 Å². The summed E-state index contributed by atoms with van der Waals surface area (Å²) in [5.41, 5.74) is 11.0. The molecule has 0 spiro atoms. The molecule has 4 rings (SSSR count). The van der Waals surface area contributed by atoms with Crippen molar-refractivity contribution < 1.29 is 89.1 Å². The number of carbonyl (C=O) groups is 2. The van der Waals surface area contributed by atoms with E-state index in [9.17, 15) is 60.7 Å². The monoisotopic (exact) mass is 814 g/mol. The highest BCUT2D eigenvalue weighted by Gasteiger charge is 2.52. The van der Waals surface area contributed by atoms with Crippen LogP contribution in [0.4, 0.5) is 0 Å². The number of hydrazine groups is 1. The van der Waals surface area contributed by atoms with Gasteiger partial charge in [-0.3, -0.25) is 15.0 Å². The summed E-state index contributed by atoms with van der Waals surface area (Å²) in [6, 6.07) is -0.484. The lowest BCUT2D eigenvalue weighted by Gasteiger charge is -2.46. The van der Waals surface area contributed by atoms with Crippen molar-refractivity contribution >= 4 is 11.7 Å². The highest BCUT2D eigenvalue weighted by atomic mass is 16.7. The number of carbonyl (C=O) groups excluding carboxylic acids is 2. The maximum Gasteiger partial charge on any atom is 0.234 e. The molecule has 4 aliphatic rings. The van der Waals surface area contributed by atoms with Crippen molar-refractivity contribution in [2.75, 3.05) is 52.6 Å². The van der Waals surface area contributed by atoms with Gasteiger partial charge >= 0.3 is 0 Å². The number of hydrogen-bond acceptors (Lipinski definition) is 21. The van der Waals surface area contributed by atoms with Gasteiger partial charge in [0.1, 0.15) is 79.0 Å². The topological polar surface area (TPSA) is 345 Å². The number of nitrogens with one attached hydrogen (secondary N) is 2. The Labute approximate surface area is 324 Å². The number of nitrogens with two attached hydrogens (primary N) is 1. The van der Waals surface area contributed by atoms with E-state index in [0.717, 1.165) is 12.8 Å². The molecule has 56 heavy (non-hydrogen) atoms. The van der Waals surface area contributed by atoms with E-state index in [1.165, 1.54) is 6.92 Å². The minimum absolute atomic E-state index is 0.0105. The average molecular weight is 815 g/mol. The second-order valence-corrected chi connectivity index (χ2v) is 14.9. The number of ketones is 1. The molecule has 326 valence electrons. The van der Waals surface area contributed by atoms with E-state index in [1.807, 2.05) is 0 Å². The van der Waals surface area contributed by atoms with Crippen LogP contribution in [0.15, 0.2) is 0 Å². The first-order chi connectivity index (χ1) is 26.7. The first-order valence-electron chi connectivity index (χ1n) is 19.2. The minimum Gasteiger partial charge on any atom is -0.394 e. The normalized spacial score (nSPS) is 39.3. The Morgan fingerprint density at radius 2 is 1.32 bits per heavy atom. The van der Waals surface area contributed by atoms with E-state index in [0.29, 0.717) is 45.4 Å². The molecule has 4 fully saturated rings. The van der Waals surface area contributed by atoms with Crippen molar-refractivity contribution in [3.8, 4) is 0 Å². The largest absolute Gasteiger partial charge is 0.394 e. The molecule has 0 unspecified atom stereocenters. The van der Waals surface area contributed by atoms with Gasteiger partial charge in [0.15, 0.2) is 18.9 Å². The number of piperidine rings is 1. The lowest BCUT2D eigenvalue weighted by atomic mass is 9.93. The maximum absolute atomic E-state index is 12.6. The fourth-order valence-electron chi connectivity index (χ4n) is 7.13. The fourth-order valence-corrected chi connectivity index (χ4v) is 7.13. The van der Waals surface area contributed by atoms with Gasteiger partial charge in [-0.1, -0.05) is 6.42 Å². The summed E-state index contributed by atoms with van der Waals surface area (Å²) in [5, 5.41) is 103. The molecule has 4 saturated heterocycles. The quantitative estimate of drug-likeness (QED) is 0.0401. The molecule has 22 nitrogen and oxygen atoms in total. The molecule has 14 N–H and O–H groups in total. The highest BCUT2D eigenvalue weighted by Crippen LogP contribution is 2.31. The van der Waals surface area contributed by atoms with E-state index in [2.05, 4.69) is 15.8 Å². The Balaban J connectivity index is 1.32. The number of hydrogen-bond donors (Lipinski definition) is 13. The Hall–Kier alpha value is -1.62. The third-order valence-corrected chi connectivity index (χ3v) is 10.7. The summed E-state index contributed by atoms with van der Waals surface area (Å²) in [6.07, 6.45) is -20.7. The van der Waals surface area contributed by atoms with Crippen molar-refractivity contribution in [2.24, 2.45) is 11.7 Å². The summed E-state index contributed by atoms with van der Waals surface area (Å²) in [7, 11) is 0. The number of amides is 1. The fraction of sp³-hybridized carbons (Fsp3) is 0.941. The summed E-state index contributed by atoms with van der Waals surface area (Å²) in [5.74, 6) is -0.182. The molecule has 4 aliphatic heterocycles. The molecular weight excluding hydrogens is 752 g/mol. The van der Waals surface area contributed by atoms with Crippen molar-refractivity contribution in [1.29, 1.82) is 0 Å². The zero-order valence-electron chi connectivity index (χ0n) is 31.5. The molecule has 0 bridgehead atoms. The summed E-state index contributed by atoms with van der Waals surface area (Å²) >= 11 is 0. The molecule has 0 aromatic carbocycles. The SMILES string of the molecule is CC(=O)[C@H](CCCCN)NNC(=O)CC1CCN(CCO[C@@H]2O[C@H](CO[C@H]3O[C@H](CO)[C@@H](O)[C@H](O)[C@@H]3O)[C@@H](O)[C@H](O[C@H]3O[C@H](CO)[C@@H](O)[C@H](O)[C@@H]3O)[C@@H]2O)CC1. The van der Waals surface area contributed by atoms with Gasteiger partial charge in [0.05, 0.1) is 32.5 Å². The van der Waals surface area contributed by atoms with Crippen LogP contribution in [-0.4, -0.2) is 218 Å². The van der Waals surface area contributed by atoms with Gasteiger partial charge in [0.2, 0.25) is 5.91 Å². The lowest BCUT2D eigenvalue weighted by Crippen LogP contribution is -2.65. The number of likely N-dealkylation sites (tertiary alicyclic amines) is 1. The molecule has 0 aromatic heterocycles. The van der Waals surface area contributed by atoms with Crippen LogP contribution in [0.1, 0.15) is 45.4 Å². The van der Waals surface area contributed by atoms with Gasteiger partial charge < -0.3 is 90.1 Å². The van der Waals surface area contributed by atoms with Crippen molar-refractivity contribution in [3.05, 3.63) is 0 Å². The number of rotatable bonds is 20. The molecule has 16 atom stereocenters. The molecule has 0 aromatic rings. The third-order valence-electron chi connectivity index (χ3n) is 10.7. The van der Waals surface area contributed by atoms with Crippen LogP contribution in [0, 0.1) is 5.92 Å². The number of aliphatic hydroxyl groups excluding tert-OH is 10. The first-order valence-corrected chi connectivity index (χ1v) is 19.2. The predicted molar refractivity (Wildman–Crippen MR) is 187 cm³/mol. The number of aliphatic hydroxyl groups is 10. The van der Waals surface area contributed by atoms with Crippen molar-refractivity contribution in [2.45, 2.75) is 144 Å². The summed E-state index contributed by atoms with van der Waals surface area (Å²) < 4.78 is 33.8. The third kappa shape index (κ3) is 12.5. The molecule has 1 amide bonds. The van der Waals surface area contributed by atoms with Crippen LogP contribution >= 0.6 is 0 Å². The first kappa shape index (κ1) is 47.1. The number of Topliss-reactive ketones (excluding diaryl/α,β-unsaturated/α-hetero) is 1. The molecular formula is C34H62N4O18. The standard InChI is InChI=1S/C34H62N4O18/c1-16(41)18(4-2-3-7-35)36-37-22(42)12-17-5-8-38(9-6-17)10-11-51-33-30(50)31(56-34-29(49)27(47)24(44)20(14-40)54-34)25(45)21(55-33)15-52-32-28(48)26(46)23(43)19(13-39)53-32/h17-21,23-34,36,39-40,43-50H,2-15,35H2,1H3,(H,37,42)/t18-,19+,20+,21+,23+,24+,25+,26-,27-,28-,29-,30-,31-,32-,33+,34+/m0/s1. The second-order valence-electron chi connectivity index (χ2n) is 14.9. The van der Waals surface area contributed by atoms with Gasteiger partial charge in [0, 0.05) is 13.0 Å². The lowest BCUT2D eigenvalue weighted by molar-refractivity contribution is -0.366. The highest BCUT2D eigenvalue weighted by molar-refractivity contribution is 5.82. The summed E-state index contributed by atoms with van der Waals surface area (Å²) in [4.78, 5) is 26.6. The Morgan fingerprint density at radius 3 is 1.91 bits per heavy atom. The Kier molecular flexibility index (Phi) is 19.1. The van der Waals surface area contributed by atoms with E-state index in [1.54, 1.807) is 0 Å². The molecule has 0 radical (unpaired) electrons. The number of ether oxygens (including phenoxy) is 6. The van der Waals surface area contributed by atoms with Crippen LogP contribution in [0.2, 0.25) is 0 Å². The van der Waals surface area contributed by atoms with Crippen LogP contribution in [0.5, 0.6) is 0 Å². The van der Waals surface area contributed by atoms with Gasteiger partial charge in [-0.05, 0) is 58.2 Å². The number of nitrogens with zero attached hydrogens (tertiary/aromatic N) is 1. The zero-order chi connectivity index (χ0) is 41.1. The Bertz CT molecular complexity index is 1190. The van der Waals surface area contributed by atoms with Gasteiger partial charge in [-0.25, -0.2) is 5.43 Å². The van der Waals surface area contributed by atoms with E-state index < -0.39 is 118 Å². The molecule has 22 heteroatoms. The van der Waals surface area contributed by atoms with Gasteiger partial charge in [-0.15, -0.1) is 0 Å². The van der Waals surface area contributed by atoms with Crippen molar-refractivity contribution in [1.82, 2.24) is 15.8 Å². The van der Waals surface area contributed by atoms with Crippen LogP contribution < -0.4 is 16.6 Å². The Morgan fingerprint density at radius 1 is 0.750 bits per heavy atom. The summed E-state index contributed by atoms with van der Waals surface area (Å²) in [6.45, 7) is 1.60. The van der Waals surface area contributed by atoms with E-state index >= 15 is 0 Å². The zero-order valence-corrected chi connectivity index (χ0v) is 31.5. The van der Waals surface area contributed by atoms with E-state index in [4.69, 9.17) is 34.2 Å². The predicted octanol–water partition coefficient (Wildman–Crippen LogP) is -6.74. The van der Waals surface area contributed by atoms with Gasteiger partial charge in [-0.2, -0.15) is 0 Å². The number of unbranched alkanes of at least 4 members (excludes halogenated alkanes) is 1. The minimum atomic E-state index is -1.87. The smallest absolute Gasteiger partial charge is 0.234 e. The molecule has 0 aliphatic carbocycles. The van der Waals surface area contributed by atoms with E-state index in [-0.39, 0.29) is 30.6 Å². The molecule has 0 saturated carbocycles. The van der Waals surface area contributed by atoms with Crippen LogP contribution in [-0.2, 0) is 38.0 Å².